The maximum Gasteiger partial charge on any atom is 0.0673 e. The molecular weight excluding hydrogens is 376 g/mol. The van der Waals surface area contributed by atoms with Gasteiger partial charge < -0.3 is 5.32 Å². The fraction of sp³-hybridized carbons (Fsp3) is 0.923. The summed E-state index contributed by atoms with van der Waals surface area (Å²) in [4.78, 5) is 1.22. The molecule has 1 saturated heterocycles. The molecule has 18 heavy (non-hydrogen) atoms. The second-order valence-electron chi connectivity index (χ2n) is 5.73. The number of nitrogens with one attached hydrogen (secondary N) is 1. The van der Waals surface area contributed by atoms with Gasteiger partial charge in [-0.15, -0.1) is 0 Å². The van der Waals surface area contributed by atoms with E-state index in [1.807, 2.05) is 0 Å². The van der Waals surface area contributed by atoms with Gasteiger partial charge in [-0.05, 0) is 32.1 Å². The van der Waals surface area contributed by atoms with Gasteiger partial charge in [0.1, 0.15) is 0 Å². The van der Waals surface area contributed by atoms with Crippen LogP contribution in [-0.4, -0.2) is 32.2 Å². The summed E-state index contributed by atoms with van der Waals surface area (Å²) in [6, 6.07) is 3.57. The Morgan fingerprint density at radius 1 is 1.06 bits per heavy atom. The fourth-order valence-corrected chi connectivity index (χ4v) is 7.51. The largest absolute Gasteiger partial charge is 0.308 e. The Morgan fingerprint density at radius 3 is 2.61 bits per heavy atom. The van der Waals surface area contributed by atoms with Gasteiger partial charge in [0.2, 0.25) is 0 Å². The molecule has 3 fully saturated rings. The van der Waals surface area contributed by atoms with Crippen LogP contribution in [0.1, 0.15) is 32.1 Å². The molecular formula is C13H18Br2N2S. The van der Waals surface area contributed by atoms with E-state index in [9.17, 15) is 5.26 Å². The standard InChI is InChI=1S/C13H18Br2N2S/c14-8-1-2-10-11(4-8)18-12-5-9(15)3-7(6-16)13(12)17-10/h7-13,17H,1-5H2. The Kier molecular flexibility index (Phi) is 4.30. The van der Waals surface area contributed by atoms with Gasteiger partial charge in [-0.2, -0.15) is 17.0 Å². The van der Waals surface area contributed by atoms with Crippen molar-refractivity contribution in [1.29, 1.82) is 5.26 Å². The summed E-state index contributed by atoms with van der Waals surface area (Å²) in [5.74, 6) is 0.184. The summed E-state index contributed by atoms with van der Waals surface area (Å²) in [5.41, 5.74) is 0. The summed E-state index contributed by atoms with van der Waals surface area (Å²) >= 11 is 9.66. The van der Waals surface area contributed by atoms with E-state index in [1.165, 1.54) is 25.7 Å². The smallest absolute Gasteiger partial charge is 0.0673 e. The zero-order valence-corrected chi connectivity index (χ0v) is 14.2. The first-order valence-electron chi connectivity index (χ1n) is 6.76. The Bertz CT molecular complexity index is 359. The molecule has 3 rings (SSSR count). The Labute approximate surface area is 130 Å². The number of rotatable bonds is 0. The van der Waals surface area contributed by atoms with Crippen molar-refractivity contribution in [3.8, 4) is 6.07 Å². The summed E-state index contributed by atoms with van der Waals surface area (Å²) in [7, 11) is 0. The van der Waals surface area contributed by atoms with Crippen LogP contribution in [0.25, 0.3) is 0 Å². The van der Waals surface area contributed by atoms with E-state index in [0.29, 0.717) is 27.0 Å². The summed E-state index contributed by atoms with van der Waals surface area (Å²) < 4.78 is 0. The third-order valence-electron chi connectivity index (χ3n) is 4.48. The van der Waals surface area contributed by atoms with Crippen molar-refractivity contribution in [2.75, 3.05) is 0 Å². The number of nitrogens with zero attached hydrogens (tertiary/aromatic N) is 1. The SMILES string of the molecule is N#CC1CC(Br)CC2SC3CC(Br)CCC3NC12. The third-order valence-corrected chi connectivity index (χ3v) is 7.77. The van der Waals surface area contributed by atoms with E-state index in [2.05, 4.69) is 55.0 Å². The van der Waals surface area contributed by atoms with Gasteiger partial charge in [-0.25, -0.2) is 0 Å². The minimum Gasteiger partial charge on any atom is -0.308 e. The number of alkyl halides is 2. The van der Waals surface area contributed by atoms with Crippen LogP contribution < -0.4 is 5.32 Å². The zero-order chi connectivity index (χ0) is 12.7. The highest BCUT2D eigenvalue weighted by atomic mass is 79.9. The van der Waals surface area contributed by atoms with E-state index in [-0.39, 0.29) is 5.92 Å². The van der Waals surface area contributed by atoms with E-state index in [4.69, 9.17) is 0 Å². The lowest BCUT2D eigenvalue weighted by Crippen LogP contribution is -2.60. The highest BCUT2D eigenvalue weighted by Crippen LogP contribution is 2.45. The molecule has 0 radical (unpaired) electrons. The number of hydrogen-bond donors (Lipinski definition) is 1. The molecule has 0 aromatic rings. The van der Waals surface area contributed by atoms with Gasteiger partial charge in [-0.1, -0.05) is 31.9 Å². The van der Waals surface area contributed by atoms with Crippen LogP contribution >= 0.6 is 43.6 Å². The van der Waals surface area contributed by atoms with Crippen molar-refractivity contribution in [1.82, 2.24) is 5.32 Å². The van der Waals surface area contributed by atoms with Crippen molar-refractivity contribution < 1.29 is 0 Å². The second kappa shape index (κ2) is 5.63. The molecule has 0 amide bonds. The van der Waals surface area contributed by atoms with Crippen LogP contribution in [0.5, 0.6) is 0 Å². The lowest BCUT2D eigenvalue weighted by molar-refractivity contribution is 0.257. The Hall–Kier alpha value is 0.760. The van der Waals surface area contributed by atoms with Crippen LogP contribution in [0.4, 0.5) is 0 Å². The minimum atomic E-state index is 0.184. The minimum absolute atomic E-state index is 0.184. The first-order valence-corrected chi connectivity index (χ1v) is 9.54. The molecule has 7 atom stereocenters. The van der Waals surface area contributed by atoms with Crippen molar-refractivity contribution in [2.45, 2.75) is 64.3 Å². The summed E-state index contributed by atoms with van der Waals surface area (Å²) in [6.45, 7) is 0. The normalized spacial score (nSPS) is 51.9. The molecule has 100 valence electrons. The van der Waals surface area contributed by atoms with Crippen molar-refractivity contribution in [3.63, 3.8) is 0 Å². The van der Waals surface area contributed by atoms with Crippen LogP contribution in [0.15, 0.2) is 0 Å². The molecule has 0 bridgehead atoms. The van der Waals surface area contributed by atoms with Gasteiger partial charge >= 0.3 is 0 Å². The lowest BCUT2D eigenvalue weighted by Gasteiger charge is -2.49. The number of halogens is 2. The molecule has 2 aliphatic carbocycles. The average Bonchev–Trinajstić information content (AvgIpc) is 2.35. The van der Waals surface area contributed by atoms with Crippen LogP contribution in [0, 0.1) is 17.2 Å². The Balaban J connectivity index is 1.74. The monoisotopic (exact) mass is 392 g/mol. The quantitative estimate of drug-likeness (QED) is 0.640. The first-order chi connectivity index (χ1) is 8.67. The number of thioether (sulfide) groups is 1. The maximum absolute atomic E-state index is 9.36. The average molecular weight is 394 g/mol. The van der Waals surface area contributed by atoms with E-state index < -0.39 is 0 Å². The Morgan fingerprint density at radius 2 is 1.83 bits per heavy atom. The van der Waals surface area contributed by atoms with Crippen molar-refractivity contribution in [2.24, 2.45) is 5.92 Å². The molecule has 0 spiro atoms. The van der Waals surface area contributed by atoms with Crippen molar-refractivity contribution >= 4 is 43.6 Å². The predicted octanol–water partition coefficient (Wildman–Crippen LogP) is 3.44. The fourth-order valence-electron chi connectivity index (χ4n) is 3.57. The van der Waals surface area contributed by atoms with Gasteiger partial charge in [0.15, 0.2) is 0 Å². The summed E-state index contributed by atoms with van der Waals surface area (Å²) in [6.07, 6.45) is 6.01. The number of fused-ring (bicyclic) bond motifs is 2. The summed E-state index contributed by atoms with van der Waals surface area (Å²) in [5, 5.41) is 14.5. The molecule has 7 unspecified atom stereocenters. The van der Waals surface area contributed by atoms with E-state index in [1.54, 1.807) is 0 Å². The molecule has 0 aromatic heterocycles. The maximum atomic E-state index is 9.36. The zero-order valence-electron chi connectivity index (χ0n) is 10.2. The van der Waals surface area contributed by atoms with Crippen LogP contribution in [0.2, 0.25) is 0 Å². The molecule has 5 heteroatoms. The van der Waals surface area contributed by atoms with Gasteiger partial charge in [-0.3, -0.25) is 0 Å². The lowest BCUT2D eigenvalue weighted by atomic mass is 9.82. The molecule has 1 aliphatic heterocycles. The predicted molar refractivity (Wildman–Crippen MR) is 83.5 cm³/mol. The molecule has 3 aliphatic rings. The van der Waals surface area contributed by atoms with Gasteiger partial charge in [0.05, 0.1) is 12.0 Å². The topological polar surface area (TPSA) is 35.8 Å². The molecule has 2 saturated carbocycles. The number of nitriles is 1. The van der Waals surface area contributed by atoms with Crippen molar-refractivity contribution in [3.05, 3.63) is 0 Å². The highest BCUT2D eigenvalue weighted by Gasteiger charge is 2.46. The second-order valence-corrected chi connectivity index (χ2v) is 9.80. The van der Waals surface area contributed by atoms with E-state index >= 15 is 0 Å². The van der Waals surface area contributed by atoms with Crippen LogP contribution in [-0.2, 0) is 0 Å². The molecule has 2 nitrogen and oxygen atoms in total. The number of hydrogen-bond acceptors (Lipinski definition) is 3. The first kappa shape index (κ1) is 13.7. The molecule has 0 aromatic carbocycles. The highest BCUT2D eigenvalue weighted by molar-refractivity contribution is 9.09. The third kappa shape index (κ3) is 2.63. The van der Waals surface area contributed by atoms with Gasteiger partial charge in [0, 0.05) is 32.2 Å². The molecule has 1 heterocycles. The van der Waals surface area contributed by atoms with Crippen LogP contribution in [0.3, 0.4) is 0 Å². The van der Waals surface area contributed by atoms with E-state index in [0.717, 1.165) is 11.7 Å². The van der Waals surface area contributed by atoms with Gasteiger partial charge in [0.25, 0.3) is 0 Å². The molecule has 1 N–H and O–H groups in total.